The Hall–Kier alpha value is -2.15. The highest BCUT2D eigenvalue weighted by Crippen LogP contribution is 2.24. The summed E-state index contributed by atoms with van der Waals surface area (Å²) in [5.41, 5.74) is 1.87. The molecule has 7 nitrogen and oxygen atoms in total. The van der Waals surface area contributed by atoms with E-state index in [1.54, 1.807) is 0 Å². The first-order chi connectivity index (χ1) is 11.0. The van der Waals surface area contributed by atoms with Gasteiger partial charge in [-0.25, -0.2) is 9.67 Å². The van der Waals surface area contributed by atoms with Crippen LogP contribution in [0.4, 0.5) is 11.5 Å². The van der Waals surface area contributed by atoms with E-state index in [4.69, 9.17) is 4.74 Å². The normalized spacial score (nSPS) is 15.7. The van der Waals surface area contributed by atoms with Crippen LogP contribution in [0.15, 0.2) is 24.5 Å². The zero-order valence-corrected chi connectivity index (χ0v) is 14.0. The summed E-state index contributed by atoms with van der Waals surface area (Å²) in [5.74, 6) is 0.971. The molecule has 1 fully saturated rings. The molecule has 1 saturated heterocycles. The number of rotatable bonds is 4. The molecule has 0 spiro atoms. The fraction of sp³-hybridized carbons (Fsp3) is 0.562. The summed E-state index contributed by atoms with van der Waals surface area (Å²) in [6, 6.07) is 3.99. The van der Waals surface area contributed by atoms with Crippen LogP contribution in [0.3, 0.4) is 0 Å². The highest BCUT2D eigenvalue weighted by Gasteiger charge is 2.17. The molecular formula is C16H24N6O. The number of aromatic nitrogens is 4. The predicted octanol–water partition coefficient (Wildman–Crippen LogP) is 1.88. The van der Waals surface area contributed by atoms with Crippen molar-refractivity contribution in [1.82, 2.24) is 20.0 Å². The Bertz CT molecular complexity index is 642. The Morgan fingerprint density at radius 3 is 2.74 bits per heavy atom. The smallest absolute Gasteiger partial charge is 0.152 e. The van der Waals surface area contributed by atoms with Crippen molar-refractivity contribution in [3.05, 3.63) is 30.2 Å². The van der Waals surface area contributed by atoms with Gasteiger partial charge in [0.15, 0.2) is 5.82 Å². The van der Waals surface area contributed by atoms with Gasteiger partial charge in [-0.2, -0.15) is 0 Å². The van der Waals surface area contributed by atoms with E-state index in [1.807, 2.05) is 29.2 Å². The van der Waals surface area contributed by atoms with E-state index in [9.17, 15) is 0 Å². The van der Waals surface area contributed by atoms with Gasteiger partial charge in [0.25, 0.3) is 0 Å². The lowest BCUT2D eigenvalue weighted by atomic mass is 10.1. The van der Waals surface area contributed by atoms with E-state index in [1.165, 1.54) is 0 Å². The number of ether oxygens (including phenoxy) is 1. The van der Waals surface area contributed by atoms with Gasteiger partial charge >= 0.3 is 0 Å². The van der Waals surface area contributed by atoms with Gasteiger partial charge in [-0.05, 0) is 32.9 Å². The molecular weight excluding hydrogens is 292 g/mol. The Kier molecular flexibility index (Phi) is 4.47. The predicted molar refractivity (Wildman–Crippen MR) is 89.6 cm³/mol. The molecule has 0 atom stereocenters. The molecule has 7 heteroatoms. The third kappa shape index (κ3) is 3.79. The Morgan fingerprint density at radius 1 is 1.26 bits per heavy atom. The maximum Gasteiger partial charge on any atom is 0.152 e. The van der Waals surface area contributed by atoms with Gasteiger partial charge in [0, 0.05) is 19.3 Å². The first-order valence-electron chi connectivity index (χ1n) is 7.97. The van der Waals surface area contributed by atoms with Gasteiger partial charge < -0.3 is 15.0 Å². The van der Waals surface area contributed by atoms with Crippen molar-refractivity contribution >= 4 is 11.5 Å². The molecule has 1 aliphatic rings. The standard InChI is InChI=1S/C16H24N6O/c1-16(2,3)22-12-13(19-20-22)11-18-14-5-4-6-17-15(14)21-7-9-23-10-8-21/h4-6,12,18H,7-11H2,1-3H3. The lowest BCUT2D eigenvalue weighted by molar-refractivity contribution is 0.122. The van der Waals surface area contributed by atoms with E-state index < -0.39 is 0 Å². The quantitative estimate of drug-likeness (QED) is 0.929. The number of pyridine rings is 1. The molecule has 3 rings (SSSR count). The molecule has 0 aromatic carbocycles. The zero-order valence-electron chi connectivity index (χ0n) is 14.0. The van der Waals surface area contributed by atoms with E-state index in [0.29, 0.717) is 6.54 Å². The van der Waals surface area contributed by atoms with E-state index in [2.05, 4.69) is 46.3 Å². The van der Waals surface area contributed by atoms with E-state index >= 15 is 0 Å². The van der Waals surface area contributed by atoms with Gasteiger partial charge in [-0.15, -0.1) is 5.10 Å². The monoisotopic (exact) mass is 316 g/mol. The van der Waals surface area contributed by atoms with Crippen LogP contribution in [0.1, 0.15) is 26.5 Å². The number of morpholine rings is 1. The lowest BCUT2D eigenvalue weighted by Gasteiger charge is -2.29. The molecule has 0 unspecified atom stereocenters. The van der Waals surface area contributed by atoms with E-state index in [0.717, 1.165) is 43.5 Å². The molecule has 2 aromatic rings. The third-order valence-corrected chi connectivity index (χ3v) is 3.79. The number of anilines is 2. The minimum absolute atomic E-state index is 0.0570. The Balaban J connectivity index is 1.69. The van der Waals surface area contributed by atoms with Crippen molar-refractivity contribution in [2.24, 2.45) is 0 Å². The molecule has 3 heterocycles. The number of hydrogen-bond acceptors (Lipinski definition) is 6. The SMILES string of the molecule is CC(C)(C)n1cc(CNc2cccnc2N2CCOCC2)nn1. The van der Waals surface area contributed by atoms with Crippen LogP contribution >= 0.6 is 0 Å². The fourth-order valence-corrected chi connectivity index (χ4v) is 2.46. The van der Waals surface area contributed by atoms with Gasteiger partial charge in [0.1, 0.15) is 5.69 Å². The van der Waals surface area contributed by atoms with Crippen molar-refractivity contribution in [3.63, 3.8) is 0 Å². The summed E-state index contributed by atoms with van der Waals surface area (Å²) in [5, 5.41) is 11.9. The van der Waals surface area contributed by atoms with Gasteiger partial charge in [0.05, 0.1) is 37.2 Å². The number of nitrogens with one attached hydrogen (secondary N) is 1. The highest BCUT2D eigenvalue weighted by atomic mass is 16.5. The van der Waals surface area contributed by atoms with Crippen LogP contribution < -0.4 is 10.2 Å². The topological polar surface area (TPSA) is 68.1 Å². The average Bonchev–Trinajstić information content (AvgIpc) is 3.03. The molecule has 1 N–H and O–H groups in total. The molecule has 0 aliphatic carbocycles. The molecule has 23 heavy (non-hydrogen) atoms. The molecule has 0 saturated carbocycles. The highest BCUT2D eigenvalue weighted by molar-refractivity contribution is 5.65. The summed E-state index contributed by atoms with van der Waals surface area (Å²) in [7, 11) is 0. The molecule has 0 radical (unpaired) electrons. The second-order valence-corrected chi connectivity index (χ2v) is 6.65. The van der Waals surface area contributed by atoms with Crippen molar-refractivity contribution in [1.29, 1.82) is 0 Å². The molecule has 1 aliphatic heterocycles. The lowest BCUT2D eigenvalue weighted by Crippen LogP contribution is -2.37. The van der Waals surface area contributed by atoms with Crippen LogP contribution in [0.25, 0.3) is 0 Å². The molecule has 0 bridgehead atoms. The van der Waals surface area contributed by atoms with Crippen molar-refractivity contribution < 1.29 is 4.74 Å². The van der Waals surface area contributed by atoms with Crippen molar-refractivity contribution in [2.75, 3.05) is 36.5 Å². The average molecular weight is 316 g/mol. The third-order valence-electron chi connectivity index (χ3n) is 3.79. The Morgan fingerprint density at radius 2 is 2.04 bits per heavy atom. The molecule has 0 amide bonds. The maximum atomic E-state index is 5.41. The Labute approximate surface area is 136 Å². The summed E-state index contributed by atoms with van der Waals surface area (Å²) in [6.45, 7) is 10.2. The largest absolute Gasteiger partial charge is 0.378 e. The summed E-state index contributed by atoms with van der Waals surface area (Å²) < 4.78 is 7.30. The van der Waals surface area contributed by atoms with Crippen LogP contribution in [0.5, 0.6) is 0 Å². The minimum Gasteiger partial charge on any atom is -0.378 e. The second kappa shape index (κ2) is 6.54. The van der Waals surface area contributed by atoms with Gasteiger partial charge in [-0.1, -0.05) is 5.21 Å². The van der Waals surface area contributed by atoms with Crippen molar-refractivity contribution in [3.8, 4) is 0 Å². The molecule has 124 valence electrons. The van der Waals surface area contributed by atoms with Crippen LogP contribution in [0.2, 0.25) is 0 Å². The van der Waals surface area contributed by atoms with Gasteiger partial charge in [0.2, 0.25) is 0 Å². The fourth-order valence-electron chi connectivity index (χ4n) is 2.46. The van der Waals surface area contributed by atoms with E-state index in [-0.39, 0.29) is 5.54 Å². The number of hydrogen-bond donors (Lipinski definition) is 1. The zero-order chi connectivity index (χ0) is 16.3. The number of nitrogens with zero attached hydrogens (tertiary/aromatic N) is 5. The molecule has 2 aromatic heterocycles. The summed E-state index contributed by atoms with van der Waals surface area (Å²) in [6.07, 6.45) is 3.81. The summed E-state index contributed by atoms with van der Waals surface area (Å²) >= 11 is 0. The first kappa shape index (κ1) is 15.7. The van der Waals surface area contributed by atoms with Crippen LogP contribution in [-0.2, 0) is 16.8 Å². The minimum atomic E-state index is -0.0570. The summed E-state index contributed by atoms with van der Waals surface area (Å²) in [4.78, 5) is 6.77. The van der Waals surface area contributed by atoms with Gasteiger partial charge in [-0.3, -0.25) is 0 Å². The van der Waals surface area contributed by atoms with Crippen molar-refractivity contribution in [2.45, 2.75) is 32.9 Å². The van der Waals surface area contributed by atoms with Crippen LogP contribution in [-0.4, -0.2) is 46.3 Å². The first-order valence-corrected chi connectivity index (χ1v) is 7.97. The van der Waals surface area contributed by atoms with Crippen LogP contribution in [0, 0.1) is 0 Å². The second-order valence-electron chi connectivity index (χ2n) is 6.65. The maximum absolute atomic E-state index is 5.41.